The normalized spacial score (nSPS) is 25.8. The van der Waals surface area contributed by atoms with Gasteiger partial charge in [-0.05, 0) is 36.6 Å². The van der Waals surface area contributed by atoms with Gasteiger partial charge in [-0.3, -0.25) is 0 Å². The van der Waals surface area contributed by atoms with Crippen LogP contribution in [0.15, 0.2) is 53.4 Å². The van der Waals surface area contributed by atoms with Crippen molar-refractivity contribution in [2.24, 2.45) is 5.92 Å². The molecular formula is C19H20N2OS. The molecule has 1 fully saturated rings. The maximum absolute atomic E-state index is 7.30. The van der Waals surface area contributed by atoms with E-state index in [0.29, 0.717) is 12.0 Å². The predicted octanol–water partition coefficient (Wildman–Crippen LogP) is 5.02. The topological polar surface area (TPSA) is 45.1 Å². The van der Waals surface area contributed by atoms with Gasteiger partial charge in [0.1, 0.15) is 0 Å². The second-order valence-electron chi connectivity index (χ2n) is 6.11. The van der Waals surface area contributed by atoms with Gasteiger partial charge in [-0.1, -0.05) is 42.1 Å². The van der Waals surface area contributed by atoms with E-state index in [-0.39, 0.29) is 6.10 Å². The van der Waals surface area contributed by atoms with Crippen LogP contribution in [0.1, 0.15) is 36.1 Å². The Labute approximate surface area is 141 Å². The number of ether oxygens (including phenoxy) is 1. The van der Waals surface area contributed by atoms with Crippen LogP contribution in [0, 0.1) is 11.3 Å². The van der Waals surface area contributed by atoms with Gasteiger partial charge in [0, 0.05) is 28.7 Å². The molecule has 2 aliphatic heterocycles. The molecule has 0 saturated carbocycles. The summed E-state index contributed by atoms with van der Waals surface area (Å²) < 4.78 is 6.19. The van der Waals surface area contributed by atoms with E-state index in [1.54, 1.807) is 0 Å². The van der Waals surface area contributed by atoms with Crippen LogP contribution in [0.3, 0.4) is 0 Å². The monoisotopic (exact) mass is 324 g/mol. The Bertz CT molecular complexity index is 704. The van der Waals surface area contributed by atoms with Gasteiger partial charge in [0.2, 0.25) is 0 Å². The van der Waals surface area contributed by atoms with Crippen molar-refractivity contribution in [3.63, 3.8) is 0 Å². The van der Waals surface area contributed by atoms with Crippen molar-refractivity contribution in [3.05, 3.63) is 59.7 Å². The zero-order chi connectivity index (χ0) is 15.6. The third kappa shape index (κ3) is 2.77. The second kappa shape index (κ2) is 6.38. The van der Waals surface area contributed by atoms with Crippen molar-refractivity contribution in [2.45, 2.75) is 29.9 Å². The van der Waals surface area contributed by atoms with Gasteiger partial charge in [-0.2, -0.15) is 0 Å². The van der Waals surface area contributed by atoms with E-state index in [1.165, 1.54) is 34.9 Å². The highest BCUT2D eigenvalue weighted by Crippen LogP contribution is 2.49. The molecular weight excluding hydrogens is 304 g/mol. The Morgan fingerprint density at radius 1 is 1.17 bits per heavy atom. The summed E-state index contributed by atoms with van der Waals surface area (Å²) >= 11 is 1.44. The highest BCUT2D eigenvalue weighted by molar-refractivity contribution is 8.12. The number of benzene rings is 2. The maximum atomic E-state index is 7.30. The Morgan fingerprint density at radius 3 is 2.87 bits per heavy atom. The third-order valence-corrected chi connectivity index (χ3v) is 5.43. The fraction of sp³-hybridized carbons (Fsp3) is 0.316. The molecule has 0 aromatic heterocycles. The molecule has 1 saturated heterocycles. The zero-order valence-corrected chi connectivity index (χ0v) is 13.7. The van der Waals surface area contributed by atoms with Gasteiger partial charge < -0.3 is 15.5 Å². The number of hydrogen-bond acceptors (Lipinski definition) is 4. The van der Waals surface area contributed by atoms with Gasteiger partial charge >= 0.3 is 0 Å². The molecule has 2 aliphatic rings. The highest BCUT2D eigenvalue weighted by atomic mass is 32.2. The van der Waals surface area contributed by atoms with Gasteiger partial charge in [0.25, 0.3) is 0 Å². The summed E-state index contributed by atoms with van der Waals surface area (Å²) in [5, 5.41) is 11.0. The predicted molar refractivity (Wildman–Crippen MR) is 95.3 cm³/mol. The average Bonchev–Trinajstić information content (AvgIpc) is 2.62. The van der Waals surface area contributed by atoms with Crippen molar-refractivity contribution in [3.8, 4) is 0 Å². The molecule has 2 N–H and O–H groups in total. The van der Waals surface area contributed by atoms with Gasteiger partial charge in [-0.15, -0.1) is 0 Å². The minimum Gasteiger partial charge on any atom is -0.378 e. The molecule has 2 heterocycles. The van der Waals surface area contributed by atoms with Crippen molar-refractivity contribution >= 4 is 23.0 Å². The minimum atomic E-state index is 0.150. The van der Waals surface area contributed by atoms with Crippen molar-refractivity contribution in [1.82, 2.24) is 0 Å². The Kier molecular flexibility index (Phi) is 4.10. The summed E-state index contributed by atoms with van der Waals surface area (Å²) in [6.07, 6.45) is 2.45. The standard InChI is InChI=1S/C19H20N2OS/c20-12-23-14-8-9-17-16(11-14)19-15(7-4-10-22-19)18(21-17)13-5-2-1-3-6-13/h1-3,5-6,8-9,11-12,15,18-21H,4,7,10H2. The lowest BCUT2D eigenvalue weighted by atomic mass is 9.77. The Morgan fingerprint density at radius 2 is 2.04 bits per heavy atom. The molecule has 118 valence electrons. The lowest BCUT2D eigenvalue weighted by molar-refractivity contribution is -0.0382. The van der Waals surface area contributed by atoms with Crippen LogP contribution in [0.25, 0.3) is 0 Å². The van der Waals surface area contributed by atoms with Crippen LogP contribution in [-0.2, 0) is 4.74 Å². The van der Waals surface area contributed by atoms with E-state index in [2.05, 4.69) is 53.8 Å². The van der Waals surface area contributed by atoms with E-state index < -0.39 is 0 Å². The summed E-state index contributed by atoms with van der Waals surface area (Å²) in [6, 6.07) is 17.4. The molecule has 2 aromatic carbocycles. The zero-order valence-electron chi connectivity index (χ0n) is 12.9. The fourth-order valence-corrected chi connectivity index (χ4v) is 4.26. The SMILES string of the molecule is N=CSc1ccc2c(c1)C1OCCCC1C(c1ccccc1)N2. The van der Waals surface area contributed by atoms with Gasteiger partial charge in [0.05, 0.1) is 17.7 Å². The molecule has 23 heavy (non-hydrogen) atoms. The number of nitrogens with one attached hydrogen (secondary N) is 2. The lowest BCUT2D eigenvalue weighted by Gasteiger charge is -2.43. The first-order chi connectivity index (χ1) is 11.4. The molecule has 3 atom stereocenters. The number of fused-ring (bicyclic) bond motifs is 3. The quantitative estimate of drug-likeness (QED) is 0.473. The number of anilines is 1. The van der Waals surface area contributed by atoms with Gasteiger partial charge in [-0.25, -0.2) is 0 Å². The van der Waals surface area contributed by atoms with Crippen LogP contribution < -0.4 is 5.32 Å². The molecule has 0 spiro atoms. The molecule has 0 radical (unpaired) electrons. The maximum Gasteiger partial charge on any atom is 0.0896 e. The number of rotatable bonds is 3. The highest BCUT2D eigenvalue weighted by Gasteiger charge is 2.39. The van der Waals surface area contributed by atoms with E-state index in [4.69, 9.17) is 10.1 Å². The lowest BCUT2D eigenvalue weighted by Crippen LogP contribution is -2.36. The Hall–Kier alpha value is -1.78. The van der Waals surface area contributed by atoms with E-state index >= 15 is 0 Å². The van der Waals surface area contributed by atoms with E-state index in [0.717, 1.165) is 23.6 Å². The minimum absolute atomic E-state index is 0.150. The Balaban J connectivity index is 1.75. The largest absolute Gasteiger partial charge is 0.378 e. The molecule has 3 unspecified atom stereocenters. The second-order valence-corrected chi connectivity index (χ2v) is 7.06. The van der Waals surface area contributed by atoms with Crippen molar-refractivity contribution in [1.29, 1.82) is 5.41 Å². The van der Waals surface area contributed by atoms with Crippen molar-refractivity contribution in [2.75, 3.05) is 11.9 Å². The fourth-order valence-electron chi connectivity index (χ4n) is 3.78. The van der Waals surface area contributed by atoms with Crippen LogP contribution in [0.5, 0.6) is 0 Å². The van der Waals surface area contributed by atoms with Crippen LogP contribution >= 0.6 is 11.8 Å². The van der Waals surface area contributed by atoms with Crippen LogP contribution in [0.4, 0.5) is 5.69 Å². The molecule has 0 aliphatic carbocycles. The summed E-state index contributed by atoms with van der Waals surface area (Å²) in [4.78, 5) is 1.10. The summed E-state index contributed by atoms with van der Waals surface area (Å²) in [5.41, 5.74) is 5.12. The van der Waals surface area contributed by atoms with E-state index in [9.17, 15) is 0 Å². The molecule has 0 bridgehead atoms. The van der Waals surface area contributed by atoms with Crippen molar-refractivity contribution < 1.29 is 4.74 Å². The third-order valence-electron chi connectivity index (χ3n) is 4.79. The number of thioether (sulfide) groups is 1. The first-order valence-corrected chi connectivity index (χ1v) is 8.97. The summed E-state index contributed by atoms with van der Waals surface area (Å²) in [6.45, 7) is 0.837. The average molecular weight is 324 g/mol. The van der Waals surface area contributed by atoms with Crippen LogP contribution in [0.2, 0.25) is 0 Å². The first-order valence-electron chi connectivity index (χ1n) is 8.09. The van der Waals surface area contributed by atoms with Crippen LogP contribution in [-0.4, -0.2) is 12.2 Å². The molecule has 4 heteroatoms. The molecule has 3 nitrogen and oxygen atoms in total. The summed E-state index contributed by atoms with van der Waals surface area (Å²) in [5.74, 6) is 0.457. The van der Waals surface area contributed by atoms with E-state index in [1.807, 2.05) is 0 Å². The van der Waals surface area contributed by atoms with Gasteiger partial charge in [0.15, 0.2) is 0 Å². The molecule has 4 rings (SSSR count). The first kappa shape index (κ1) is 14.8. The smallest absolute Gasteiger partial charge is 0.0896 e. The molecule has 0 amide bonds. The molecule has 2 aromatic rings. The summed E-state index contributed by atoms with van der Waals surface area (Å²) in [7, 11) is 0. The number of hydrogen-bond donors (Lipinski definition) is 2.